The van der Waals surface area contributed by atoms with Gasteiger partial charge in [0.1, 0.15) is 6.04 Å². The maximum atomic E-state index is 11.2. The van der Waals surface area contributed by atoms with Gasteiger partial charge in [0.25, 0.3) is 5.91 Å². The van der Waals surface area contributed by atoms with E-state index >= 15 is 0 Å². The van der Waals surface area contributed by atoms with E-state index in [4.69, 9.17) is 10.6 Å². The summed E-state index contributed by atoms with van der Waals surface area (Å²) in [7, 11) is -3.78. The maximum absolute atomic E-state index is 11.2. The predicted octanol–water partition coefficient (Wildman–Crippen LogP) is -1.30. The largest absolute Gasteiger partial charge is 0.346 e. The van der Waals surface area contributed by atoms with Crippen molar-refractivity contribution in [1.82, 2.24) is 10.8 Å². The van der Waals surface area contributed by atoms with Gasteiger partial charge in [-0.3, -0.25) is 14.2 Å². The van der Waals surface area contributed by atoms with Crippen molar-refractivity contribution in [2.45, 2.75) is 25.9 Å². The summed E-state index contributed by atoms with van der Waals surface area (Å²) in [6.45, 7) is 3.76. The summed E-state index contributed by atoms with van der Waals surface area (Å²) in [5.74, 6) is -1.25. The molecule has 94 valence electrons. The first-order valence-electron chi connectivity index (χ1n) is 4.48. The van der Waals surface area contributed by atoms with Crippen LogP contribution in [-0.2, 0) is 18.8 Å². The normalized spacial score (nSPS) is 18.1. The van der Waals surface area contributed by atoms with E-state index < -0.39 is 31.5 Å². The Balaban J connectivity index is 4.10. The van der Waals surface area contributed by atoms with Crippen LogP contribution in [0.4, 0.5) is 0 Å². The third-order valence-electron chi connectivity index (χ3n) is 1.48. The molecule has 0 heterocycles. The van der Waals surface area contributed by atoms with Gasteiger partial charge in [0, 0.05) is 6.66 Å². The summed E-state index contributed by atoms with van der Waals surface area (Å²) in [6.07, 6.45) is 0. The molecule has 0 bridgehead atoms. The average molecular weight is 253 g/mol. The first kappa shape index (κ1) is 15.0. The first-order chi connectivity index (χ1) is 7.13. The van der Waals surface area contributed by atoms with Gasteiger partial charge in [-0.1, -0.05) is 0 Å². The molecule has 0 aliphatic carbocycles. The van der Waals surface area contributed by atoms with Crippen LogP contribution in [-0.4, -0.2) is 35.5 Å². The van der Waals surface area contributed by atoms with E-state index in [9.17, 15) is 14.2 Å². The van der Waals surface area contributed by atoms with Crippen molar-refractivity contribution < 1.29 is 23.7 Å². The van der Waals surface area contributed by atoms with Crippen molar-refractivity contribution in [3.05, 3.63) is 0 Å². The molecule has 2 amide bonds. The van der Waals surface area contributed by atoms with Crippen LogP contribution in [0, 0.1) is 0 Å². The van der Waals surface area contributed by atoms with E-state index in [0.717, 1.165) is 6.66 Å². The summed E-state index contributed by atoms with van der Waals surface area (Å²) in [6, 6.07) is -1.66. The molecular formula is C7H16N3O5P. The standard InChI is InChI=1S/C7H16N3O5P/c1-4(8)6(11)9-5(2)7(12)10-15-16(3,13)14/h4-5H,8H2,1-3H3,(H,9,11)(H,10,12)(H,13,14)/t4-,5-/m0/s1. The Labute approximate surface area is 93.0 Å². The van der Waals surface area contributed by atoms with Crippen LogP contribution in [0.2, 0.25) is 0 Å². The molecule has 0 aliphatic heterocycles. The number of rotatable bonds is 5. The molecular weight excluding hydrogens is 237 g/mol. The van der Waals surface area contributed by atoms with Crippen molar-refractivity contribution >= 4 is 19.4 Å². The predicted molar refractivity (Wildman–Crippen MR) is 56.2 cm³/mol. The summed E-state index contributed by atoms with van der Waals surface area (Å²) >= 11 is 0. The second-order valence-electron chi connectivity index (χ2n) is 3.38. The molecule has 0 aromatic carbocycles. The van der Waals surface area contributed by atoms with Gasteiger partial charge < -0.3 is 15.9 Å². The van der Waals surface area contributed by atoms with Gasteiger partial charge in [0.05, 0.1) is 6.04 Å². The number of carbonyl (C=O) groups excluding carboxylic acids is 2. The first-order valence-corrected chi connectivity index (χ1v) is 6.50. The summed E-state index contributed by atoms with van der Waals surface area (Å²) < 4.78 is 14.9. The highest BCUT2D eigenvalue weighted by molar-refractivity contribution is 7.51. The molecule has 0 aliphatic rings. The zero-order valence-corrected chi connectivity index (χ0v) is 10.2. The molecule has 0 fully saturated rings. The molecule has 0 saturated heterocycles. The molecule has 9 heteroatoms. The zero-order chi connectivity index (χ0) is 12.9. The van der Waals surface area contributed by atoms with E-state index in [0.29, 0.717) is 0 Å². The van der Waals surface area contributed by atoms with Crippen molar-refractivity contribution in [2.75, 3.05) is 6.66 Å². The number of amides is 2. The van der Waals surface area contributed by atoms with Crippen LogP contribution in [0.1, 0.15) is 13.8 Å². The molecule has 0 aromatic heterocycles. The average Bonchev–Trinajstić information content (AvgIpc) is 2.12. The van der Waals surface area contributed by atoms with Crippen LogP contribution in [0.3, 0.4) is 0 Å². The van der Waals surface area contributed by atoms with E-state index in [1.165, 1.54) is 13.8 Å². The molecule has 0 aromatic rings. The molecule has 3 atom stereocenters. The Hall–Kier alpha value is -0.950. The van der Waals surface area contributed by atoms with Gasteiger partial charge in [0.15, 0.2) is 0 Å². The fourth-order valence-electron chi connectivity index (χ4n) is 0.628. The molecule has 0 rings (SSSR count). The van der Waals surface area contributed by atoms with Gasteiger partial charge in [-0.05, 0) is 13.8 Å². The lowest BCUT2D eigenvalue weighted by atomic mass is 10.2. The summed E-state index contributed by atoms with van der Waals surface area (Å²) in [5, 5.41) is 2.29. The van der Waals surface area contributed by atoms with E-state index in [1.54, 1.807) is 5.48 Å². The van der Waals surface area contributed by atoms with Gasteiger partial charge in [0.2, 0.25) is 5.91 Å². The Kier molecular flexibility index (Phi) is 5.60. The van der Waals surface area contributed by atoms with Crippen molar-refractivity contribution in [3.8, 4) is 0 Å². The molecule has 16 heavy (non-hydrogen) atoms. The second-order valence-corrected chi connectivity index (χ2v) is 5.17. The lowest BCUT2D eigenvalue weighted by molar-refractivity contribution is -0.133. The number of carbonyl (C=O) groups is 2. The van der Waals surface area contributed by atoms with Gasteiger partial charge in [-0.25, -0.2) is 5.48 Å². The Morgan fingerprint density at radius 3 is 2.25 bits per heavy atom. The van der Waals surface area contributed by atoms with Gasteiger partial charge in [-0.2, -0.15) is 4.62 Å². The second kappa shape index (κ2) is 5.95. The molecule has 0 radical (unpaired) electrons. The monoisotopic (exact) mass is 253 g/mol. The Morgan fingerprint density at radius 1 is 1.38 bits per heavy atom. The quantitative estimate of drug-likeness (QED) is 0.356. The fourth-order valence-corrected chi connectivity index (χ4v) is 0.888. The minimum Gasteiger partial charge on any atom is -0.343 e. The fraction of sp³-hybridized carbons (Fsp3) is 0.714. The molecule has 8 nitrogen and oxygen atoms in total. The maximum Gasteiger partial charge on any atom is 0.346 e. The minimum atomic E-state index is -3.78. The molecule has 1 unspecified atom stereocenters. The third-order valence-corrected chi connectivity index (χ3v) is 1.91. The van der Waals surface area contributed by atoms with Crippen LogP contribution in [0.15, 0.2) is 0 Å². The molecule has 0 saturated carbocycles. The smallest absolute Gasteiger partial charge is 0.343 e. The van der Waals surface area contributed by atoms with Crippen LogP contribution in [0.25, 0.3) is 0 Å². The number of hydrogen-bond donors (Lipinski definition) is 4. The minimum absolute atomic E-state index is 0.508. The highest BCUT2D eigenvalue weighted by atomic mass is 31.2. The molecule has 0 spiro atoms. The van der Waals surface area contributed by atoms with Crippen molar-refractivity contribution in [3.63, 3.8) is 0 Å². The van der Waals surface area contributed by atoms with Crippen LogP contribution in [0.5, 0.6) is 0 Å². The Morgan fingerprint density at radius 2 is 1.88 bits per heavy atom. The lowest BCUT2D eigenvalue weighted by Gasteiger charge is -2.15. The van der Waals surface area contributed by atoms with Gasteiger partial charge >= 0.3 is 7.60 Å². The van der Waals surface area contributed by atoms with E-state index in [1.807, 2.05) is 0 Å². The number of nitrogens with one attached hydrogen (secondary N) is 2. The van der Waals surface area contributed by atoms with E-state index in [2.05, 4.69) is 9.94 Å². The Bertz CT molecular complexity index is 313. The summed E-state index contributed by atoms with van der Waals surface area (Å²) in [5.41, 5.74) is 7.03. The number of hydrogen-bond acceptors (Lipinski definition) is 5. The zero-order valence-electron chi connectivity index (χ0n) is 9.26. The SMILES string of the molecule is C[C@H](N)C(=O)N[C@@H](C)C(=O)NOP(C)(=O)O. The van der Waals surface area contributed by atoms with Crippen LogP contribution < -0.4 is 16.5 Å². The number of hydroxylamine groups is 1. The highest BCUT2D eigenvalue weighted by Gasteiger charge is 2.20. The van der Waals surface area contributed by atoms with Crippen molar-refractivity contribution in [1.29, 1.82) is 0 Å². The summed E-state index contributed by atoms with van der Waals surface area (Å²) in [4.78, 5) is 31.1. The number of nitrogens with two attached hydrogens (primary N) is 1. The van der Waals surface area contributed by atoms with Gasteiger partial charge in [-0.15, -0.1) is 0 Å². The highest BCUT2D eigenvalue weighted by Crippen LogP contribution is 2.34. The molecule has 5 N–H and O–H groups in total. The van der Waals surface area contributed by atoms with E-state index in [-0.39, 0.29) is 0 Å². The lowest BCUT2D eigenvalue weighted by Crippen LogP contribution is -2.49. The van der Waals surface area contributed by atoms with Crippen molar-refractivity contribution in [2.24, 2.45) is 5.73 Å². The van der Waals surface area contributed by atoms with Crippen LogP contribution >= 0.6 is 7.60 Å². The topological polar surface area (TPSA) is 131 Å². The third kappa shape index (κ3) is 6.52.